The summed E-state index contributed by atoms with van der Waals surface area (Å²) >= 11 is 6.07. The fraction of sp³-hybridized carbons (Fsp3) is 0.400. The molecule has 3 aromatic rings. The molecule has 31 heavy (non-hydrogen) atoms. The molecule has 1 atom stereocenters. The maximum atomic E-state index is 13.6. The van der Waals surface area contributed by atoms with Crippen LogP contribution in [0.3, 0.4) is 0 Å². The van der Waals surface area contributed by atoms with Gasteiger partial charge in [-0.05, 0) is 69.5 Å². The number of benzene rings is 2. The molecule has 0 aliphatic carbocycles. The number of carbonyl (C=O) groups is 1. The van der Waals surface area contributed by atoms with Crippen LogP contribution in [0, 0.1) is 19.3 Å². The minimum atomic E-state index is -0.716. The van der Waals surface area contributed by atoms with Crippen molar-refractivity contribution in [3.05, 3.63) is 69.8 Å². The van der Waals surface area contributed by atoms with Gasteiger partial charge in [-0.2, -0.15) is 0 Å². The Kier molecular flexibility index (Phi) is 6.56. The summed E-state index contributed by atoms with van der Waals surface area (Å²) in [7, 11) is 1.76. The highest BCUT2D eigenvalue weighted by atomic mass is 35.5. The summed E-state index contributed by atoms with van der Waals surface area (Å²) in [4.78, 5) is 33.4. The number of aromatic nitrogens is 2. The van der Waals surface area contributed by atoms with Crippen molar-refractivity contribution in [2.75, 3.05) is 12.9 Å². The van der Waals surface area contributed by atoms with E-state index in [0.717, 1.165) is 16.8 Å². The van der Waals surface area contributed by atoms with Gasteiger partial charge in [0.15, 0.2) is 0 Å². The molecular formula is C25H30ClN3O2. The number of fused-ring (bicyclic) bond motifs is 1. The van der Waals surface area contributed by atoms with Gasteiger partial charge in [-0.1, -0.05) is 25.1 Å². The van der Waals surface area contributed by atoms with Crippen LogP contribution in [0.25, 0.3) is 16.6 Å². The lowest BCUT2D eigenvalue weighted by Gasteiger charge is -2.34. The van der Waals surface area contributed by atoms with Gasteiger partial charge in [0, 0.05) is 12.9 Å². The third-order valence-electron chi connectivity index (χ3n) is 5.94. The van der Waals surface area contributed by atoms with E-state index >= 15 is 0 Å². The predicted octanol–water partition coefficient (Wildman–Crippen LogP) is 5.18. The first-order chi connectivity index (χ1) is 14.6. The molecule has 3 rings (SSSR count). The SMILES string of the molecule is CCC(c1nc2ccccc2c(=O)n1-c1ccc(C)c(C)c1)N(C)C(=O)C(C)(C)CCl. The Balaban J connectivity index is 2.30. The third kappa shape index (κ3) is 4.24. The molecule has 0 spiro atoms. The second-order valence-corrected chi connectivity index (χ2v) is 9.02. The Hall–Kier alpha value is -2.66. The largest absolute Gasteiger partial charge is 0.335 e. The maximum Gasteiger partial charge on any atom is 0.266 e. The first kappa shape index (κ1) is 23.0. The quantitative estimate of drug-likeness (QED) is 0.497. The van der Waals surface area contributed by atoms with Gasteiger partial charge in [-0.25, -0.2) is 4.98 Å². The molecule has 1 amide bonds. The lowest BCUT2D eigenvalue weighted by atomic mass is 9.93. The van der Waals surface area contributed by atoms with Crippen molar-refractivity contribution in [3.8, 4) is 5.69 Å². The number of carbonyl (C=O) groups excluding carboxylic acids is 1. The number of hydrogen-bond donors (Lipinski definition) is 0. The second kappa shape index (κ2) is 8.83. The Morgan fingerprint density at radius 3 is 2.45 bits per heavy atom. The van der Waals surface area contributed by atoms with Crippen molar-refractivity contribution in [3.63, 3.8) is 0 Å². The molecule has 1 aromatic heterocycles. The maximum absolute atomic E-state index is 13.6. The zero-order valence-corrected chi connectivity index (χ0v) is 19.8. The molecule has 5 nitrogen and oxygen atoms in total. The highest BCUT2D eigenvalue weighted by molar-refractivity contribution is 6.19. The number of para-hydroxylation sites is 1. The van der Waals surface area contributed by atoms with E-state index in [9.17, 15) is 9.59 Å². The van der Waals surface area contributed by atoms with Gasteiger partial charge in [0.1, 0.15) is 5.82 Å². The summed E-state index contributed by atoms with van der Waals surface area (Å²) in [6, 6.07) is 12.9. The summed E-state index contributed by atoms with van der Waals surface area (Å²) in [5.41, 5.74) is 2.75. The van der Waals surface area contributed by atoms with Crippen LogP contribution in [0.15, 0.2) is 47.3 Å². The van der Waals surface area contributed by atoms with Crippen LogP contribution in [0.1, 0.15) is 50.2 Å². The van der Waals surface area contributed by atoms with Crippen molar-refractivity contribution in [2.24, 2.45) is 5.41 Å². The van der Waals surface area contributed by atoms with Gasteiger partial charge in [0.2, 0.25) is 5.91 Å². The van der Waals surface area contributed by atoms with Crippen molar-refractivity contribution in [1.82, 2.24) is 14.5 Å². The van der Waals surface area contributed by atoms with Gasteiger partial charge in [0.05, 0.1) is 28.0 Å². The summed E-state index contributed by atoms with van der Waals surface area (Å²) in [5, 5.41) is 0.550. The van der Waals surface area contributed by atoms with Gasteiger partial charge in [-0.3, -0.25) is 14.2 Å². The molecule has 0 aliphatic heterocycles. The van der Waals surface area contributed by atoms with E-state index in [0.29, 0.717) is 23.1 Å². The monoisotopic (exact) mass is 439 g/mol. The molecule has 0 fully saturated rings. The molecule has 0 aliphatic rings. The second-order valence-electron chi connectivity index (χ2n) is 8.75. The van der Waals surface area contributed by atoms with Crippen LogP contribution in [0.5, 0.6) is 0 Å². The molecule has 1 heterocycles. The minimum Gasteiger partial charge on any atom is -0.335 e. The Labute approximate surface area is 188 Å². The molecule has 2 aromatic carbocycles. The summed E-state index contributed by atoms with van der Waals surface area (Å²) in [5.74, 6) is 0.681. The van der Waals surface area contributed by atoms with Crippen LogP contribution >= 0.6 is 11.6 Å². The van der Waals surface area contributed by atoms with Crippen molar-refractivity contribution < 1.29 is 4.79 Å². The summed E-state index contributed by atoms with van der Waals surface area (Å²) < 4.78 is 1.65. The number of rotatable bonds is 6. The summed E-state index contributed by atoms with van der Waals surface area (Å²) in [6.45, 7) is 9.71. The van der Waals surface area contributed by atoms with Crippen LogP contribution in [0.4, 0.5) is 0 Å². The first-order valence-electron chi connectivity index (χ1n) is 10.5. The lowest BCUT2D eigenvalue weighted by Crippen LogP contribution is -2.43. The minimum absolute atomic E-state index is 0.0802. The van der Waals surface area contributed by atoms with E-state index in [1.165, 1.54) is 0 Å². The van der Waals surface area contributed by atoms with Crippen molar-refractivity contribution >= 4 is 28.4 Å². The highest BCUT2D eigenvalue weighted by Crippen LogP contribution is 2.30. The molecule has 0 radical (unpaired) electrons. The van der Waals surface area contributed by atoms with Crippen LogP contribution in [-0.2, 0) is 4.79 Å². The van der Waals surface area contributed by atoms with Crippen LogP contribution in [0.2, 0.25) is 0 Å². The highest BCUT2D eigenvalue weighted by Gasteiger charge is 2.34. The molecular weight excluding hydrogens is 410 g/mol. The third-order valence-corrected chi connectivity index (χ3v) is 6.60. The number of halogens is 1. The average Bonchev–Trinajstić information content (AvgIpc) is 2.76. The fourth-order valence-electron chi connectivity index (χ4n) is 3.79. The van der Waals surface area contributed by atoms with E-state index in [-0.39, 0.29) is 23.4 Å². The Bertz CT molecular complexity index is 1180. The van der Waals surface area contributed by atoms with E-state index in [1.807, 2.05) is 71.0 Å². The number of hydrogen-bond acceptors (Lipinski definition) is 3. The molecule has 6 heteroatoms. The van der Waals surface area contributed by atoms with Crippen molar-refractivity contribution in [2.45, 2.75) is 47.1 Å². The Morgan fingerprint density at radius 2 is 1.84 bits per heavy atom. The molecule has 0 saturated carbocycles. The molecule has 0 N–H and O–H groups in total. The van der Waals surface area contributed by atoms with Gasteiger partial charge in [-0.15, -0.1) is 11.6 Å². The van der Waals surface area contributed by atoms with Gasteiger partial charge in [0.25, 0.3) is 5.56 Å². The molecule has 0 bridgehead atoms. The Morgan fingerprint density at radius 1 is 1.16 bits per heavy atom. The molecule has 1 unspecified atom stereocenters. The van der Waals surface area contributed by atoms with Crippen LogP contribution < -0.4 is 5.56 Å². The van der Waals surface area contributed by atoms with E-state index in [1.54, 1.807) is 22.6 Å². The number of aryl methyl sites for hydroxylation is 2. The van der Waals surface area contributed by atoms with Gasteiger partial charge < -0.3 is 4.90 Å². The van der Waals surface area contributed by atoms with E-state index in [2.05, 4.69) is 0 Å². The first-order valence-corrected chi connectivity index (χ1v) is 11.1. The molecule has 0 saturated heterocycles. The number of nitrogens with zero attached hydrogens (tertiary/aromatic N) is 3. The number of alkyl halides is 1. The van der Waals surface area contributed by atoms with Crippen molar-refractivity contribution in [1.29, 1.82) is 0 Å². The zero-order chi connectivity index (χ0) is 22.9. The van der Waals surface area contributed by atoms with E-state index in [4.69, 9.17) is 16.6 Å². The lowest BCUT2D eigenvalue weighted by molar-refractivity contribution is -0.140. The predicted molar refractivity (Wildman–Crippen MR) is 127 cm³/mol. The normalized spacial score (nSPS) is 12.7. The van der Waals surface area contributed by atoms with Gasteiger partial charge >= 0.3 is 0 Å². The summed E-state index contributed by atoms with van der Waals surface area (Å²) in [6.07, 6.45) is 0.607. The standard InChI is InChI=1S/C25H30ClN3O2/c1-7-21(28(6)24(31)25(4,5)15-26)22-27-20-11-9-8-10-19(20)23(30)29(22)18-13-12-16(2)17(3)14-18/h8-14,21H,7,15H2,1-6H3. The smallest absolute Gasteiger partial charge is 0.266 e. The topological polar surface area (TPSA) is 55.2 Å². The average molecular weight is 440 g/mol. The van der Waals surface area contributed by atoms with Crippen LogP contribution in [-0.4, -0.2) is 33.3 Å². The number of amides is 1. The van der Waals surface area contributed by atoms with E-state index < -0.39 is 5.41 Å². The zero-order valence-electron chi connectivity index (χ0n) is 19.1. The molecule has 164 valence electrons. The fourth-order valence-corrected chi connectivity index (χ4v) is 3.91.